The molecule has 0 aliphatic carbocycles. The molecule has 4 nitrogen and oxygen atoms in total. The second kappa shape index (κ2) is 7.34. The van der Waals surface area contributed by atoms with Gasteiger partial charge in [-0.25, -0.2) is 0 Å². The van der Waals surface area contributed by atoms with Crippen LogP contribution < -0.4 is 5.32 Å². The molecule has 4 heteroatoms. The molecule has 0 radical (unpaired) electrons. The lowest BCUT2D eigenvalue weighted by Crippen LogP contribution is -2.24. The number of aromatic nitrogens is 1. The molecule has 0 amide bonds. The highest BCUT2D eigenvalue weighted by molar-refractivity contribution is 5.07. The van der Waals surface area contributed by atoms with Gasteiger partial charge in [0.05, 0.1) is 25.5 Å². The van der Waals surface area contributed by atoms with Crippen molar-refractivity contribution in [1.82, 2.24) is 10.3 Å². The maximum Gasteiger partial charge on any atom is 0.0698 e. The first-order valence-electron chi connectivity index (χ1n) is 5.17. The van der Waals surface area contributed by atoms with E-state index < -0.39 is 0 Å². The third kappa shape index (κ3) is 4.88. The summed E-state index contributed by atoms with van der Waals surface area (Å²) in [7, 11) is 0. The van der Waals surface area contributed by atoms with Crippen LogP contribution in [0.15, 0.2) is 24.4 Å². The minimum Gasteiger partial charge on any atom is -0.394 e. The van der Waals surface area contributed by atoms with Gasteiger partial charge in [-0.05, 0) is 19.1 Å². The molecule has 0 unspecified atom stereocenters. The Balaban J connectivity index is 2.16. The average molecular weight is 210 g/mol. The lowest BCUT2D eigenvalue weighted by Gasteiger charge is -2.12. The highest BCUT2D eigenvalue weighted by Gasteiger charge is 2.03. The van der Waals surface area contributed by atoms with Gasteiger partial charge in [-0.1, -0.05) is 6.07 Å². The molecule has 1 rings (SSSR count). The molecule has 15 heavy (non-hydrogen) atoms. The number of pyridine rings is 1. The zero-order valence-electron chi connectivity index (χ0n) is 9.02. The summed E-state index contributed by atoms with van der Waals surface area (Å²) in [6.07, 6.45) is 1.79. The molecule has 0 aliphatic heterocycles. The predicted octanol–water partition coefficient (Wildman–Crippen LogP) is 0.741. The van der Waals surface area contributed by atoms with Gasteiger partial charge in [-0.15, -0.1) is 0 Å². The van der Waals surface area contributed by atoms with E-state index in [1.165, 1.54) is 0 Å². The maximum absolute atomic E-state index is 8.50. The van der Waals surface area contributed by atoms with E-state index in [0.717, 1.165) is 12.2 Å². The summed E-state index contributed by atoms with van der Waals surface area (Å²) in [6, 6.07) is 6.10. The van der Waals surface area contributed by atoms with Gasteiger partial charge < -0.3 is 15.2 Å². The van der Waals surface area contributed by atoms with Crippen molar-refractivity contribution < 1.29 is 9.84 Å². The molecule has 1 atom stereocenters. The van der Waals surface area contributed by atoms with E-state index in [4.69, 9.17) is 9.84 Å². The number of ether oxygens (including phenoxy) is 1. The van der Waals surface area contributed by atoms with Crippen molar-refractivity contribution in [2.45, 2.75) is 13.0 Å². The number of nitrogens with zero attached hydrogens (tertiary/aromatic N) is 1. The number of aliphatic hydroxyl groups excluding tert-OH is 1. The van der Waals surface area contributed by atoms with Crippen molar-refractivity contribution in [2.24, 2.45) is 0 Å². The van der Waals surface area contributed by atoms with Crippen LogP contribution in [0.3, 0.4) is 0 Å². The molecule has 0 saturated carbocycles. The van der Waals surface area contributed by atoms with E-state index in [9.17, 15) is 0 Å². The van der Waals surface area contributed by atoms with E-state index in [-0.39, 0.29) is 12.6 Å². The highest BCUT2D eigenvalue weighted by Crippen LogP contribution is 2.06. The smallest absolute Gasteiger partial charge is 0.0698 e. The van der Waals surface area contributed by atoms with Gasteiger partial charge >= 0.3 is 0 Å². The molecule has 2 N–H and O–H groups in total. The zero-order valence-corrected chi connectivity index (χ0v) is 9.02. The average Bonchev–Trinajstić information content (AvgIpc) is 2.30. The minimum absolute atomic E-state index is 0.0792. The van der Waals surface area contributed by atoms with Gasteiger partial charge in [0.15, 0.2) is 0 Å². The van der Waals surface area contributed by atoms with Crippen LogP contribution in [0, 0.1) is 0 Å². The molecular formula is C11H18N2O2. The summed E-state index contributed by atoms with van der Waals surface area (Å²) in [5, 5.41) is 11.8. The van der Waals surface area contributed by atoms with Gasteiger partial charge in [0.1, 0.15) is 0 Å². The monoisotopic (exact) mass is 210 g/mol. The summed E-state index contributed by atoms with van der Waals surface area (Å²) >= 11 is 0. The van der Waals surface area contributed by atoms with Crippen molar-refractivity contribution in [3.63, 3.8) is 0 Å². The number of nitrogens with one attached hydrogen (secondary N) is 1. The molecule has 0 spiro atoms. The van der Waals surface area contributed by atoms with E-state index in [1.807, 2.05) is 18.2 Å². The normalized spacial score (nSPS) is 12.7. The van der Waals surface area contributed by atoms with E-state index in [1.54, 1.807) is 6.20 Å². The van der Waals surface area contributed by atoms with E-state index in [0.29, 0.717) is 13.2 Å². The van der Waals surface area contributed by atoms with Crippen LogP contribution in [-0.4, -0.2) is 36.5 Å². The van der Waals surface area contributed by atoms with Crippen molar-refractivity contribution in [1.29, 1.82) is 0 Å². The number of hydrogen-bond acceptors (Lipinski definition) is 4. The van der Waals surface area contributed by atoms with Gasteiger partial charge in [0, 0.05) is 18.8 Å². The molecule has 0 bridgehead atoms. The fourth-order valence-corrected chi connectivity index (χ4v) is 1.25. The molecular weight excluding hydrogens is 192 g/mol. The van der Waals surface area contributed by atoms with Crippen LogP contribution >= 0.6 is 0 Å². The van der Waals surface area contributed by atoms with Gasteiger partial charge in [-0.2, -0.15) is 0 Å². The Hall–Kier alpha value is -0.970. The Morgan fingerprint density at radius 3 is 3.00 bits per heavy atom. The molecule has 1 heterocycles. The minimum atomic E-state index is 0.0792. The number of hydrogen-bond donors (Lipinski definition) is 2. The molecule has 0 saturated heterocycles. The highest BCUT2D eigenvalue weighted by atomic mass is 16.5. The summed E-state index contributed by atoms with van der Waals surface area (Å²) < 4.78 is 5.14. The lowest BCUT2D eigenvalue weighted by molar-refractivity contribution is 0.0928. The third-order valence-electron chi connectivity index (χ3n) is 2.06. The van der Waals surface area contributed by atoms with E-state index in [2.05, 4.69) is 17.2 Å². The van der Waals surface area contributed by atoms with Crippen LogP contribution in [0.4, 0.5) is 0 Å². The van der Waals surface area contributed by atoms with Crippen LogP contribution in [0.5, 0.6) is 0 Å². The molecule has 0 aliphatic rings. The quantitative estimate of drug-likeness (QED) is 0.652. The Labute approximate surface area is 90.3 Å². The first kappa shape index (κ1) is 12.1. The standard InChI is InChI=1S/C11H18N2O2/c1-10(11-4-2-3-5-13-11)12-6-8-15-9-7-14/h2-5,10,12,14H,6-9H2,1H3/t10-/m1/s1. The van der Waals surface area contributed by atoms with Crippen LogP contribution in [0.1, 0.15) is 18.7 Å². The van der Waals surface area contributed by atoms with Crippen molar-refractivity contribution in [3.05, 3.63) is 30.1 Å². The molecule has 84 valence electrons. The zero-order chi connectivity index (χ0) is 10.9. The Morgan fingerprint density at radius 1 is 1.47 bits per heavy atom. The fourth-order valence-electron chi connectivity index (χ4n) is 1.25. The van der Waals surface area contributed by atoms with Crippen LogP contribution in [-0.2, 0) is 4.74 Å². The van der Waals surface area contributed by atoms with Crippen molar-refractivity contribution in [3.8, 4) is 0 Å². The summed E-state index contributed by atoms with van der Waals surface area (Å²) in [5.41, 5.74) is 1.03. The second-order valence-electron chi connectivity index (χ2n) is 3.27. The first-order chi connectivity index (χ1) is 7.34. The largest absolute Gasteiger partial charge is 0.394 e. The predicted molar refractivity (Wildman–Crippen MR) is 58.6 cm³/mol. The summed E-state index contributed by atoms with van der Waals surface area (Å²) in [4.78, 5) is 4.25. The number of aliphatic hydroxyl groups is 1. The first-order valence-corrected chi connectivity index (χ1v) is 5.17. The van der Waals surface area contributed by atoms with Crippen LogP contribution in [0.2, 0.25) is 0 Å². The SMILES string of the molecule is C[C@@H](NCCOCCO)c1ccccn1. The third-order valence-corrected chi connectivity index (χ3v) is 2.06. The Kier molecular flexibility index (Phi) is 5.92. The molecule has 0 aromatic carbocycles. The molecule has 1 aromatic heterocycles. The molecule has 0 fully saturated rings. The van der Waals surface area contributed by atoms with Crippen LogP contribution in [0.25, 0.3) is 0 Å². The van der Waals surface area contributed by atoms with Gasteiger partial charge in [-0.3, -0.25) is 4.98 Å². The van der Waals surface area contributed by atoms with E-state index >= 15 is 0 Å². The van der Waals surface area contributed by atoms with Crippen molar-refractivity contribution in [2.75, 3.05) is 26.4 Å². The molecule has 1 aromatic rings. The second-order valence-corrected chi connectivity index (χ2v) is 3.27. The summed E-state index contributed by atoms with van der Waals surface area (Å²) in [5.74, 6) is 0. The topological polar surface area (TPSA) is 54.4 Å². The summed E-state index contributed by atoms with van der Waals surface area (Å²) in [6.45, 7) is 3.92. The Morgan fingerprint density at radius 2 is 2.33 bits per heavy atom. The lowest BCUT2D eigenvalue weighted by atomic mass is 10.2. The van der Waals surface area contributed by atoms with Gasteiger partial charge in [0.2, 0.25) is 0 Å². The maximum atomic E-state index is 8.50. The number of rotatable bonds is 7. The van der Waals surface area contributed by atoms with Crippen molar-refractivity contribution >= 4 is 0 Å². The Bertz CT molecular complexity index is 254. The fraction of sp³-hybridized carbons (Fsp3) is 0.545. The van der Waals surface area contributed by atoms with Gasteiger partial charge in [0.25, 0.3) is 0 Å².